The minimum Gasteiger partial charge on any atom is -0.465 e. The van der Waals surface area contributed by atoms with Gasteiger partial charge in [0, 0.05) is 6.08 Å². The van der Waals surface area contributed by atoms with Crippen molar-refractivity contribution in [3.63, 3.8) is 0 Å². The second kappa shape index (κ2) is 9.62. The molecule has 23 heavy (non-hydrogen) atoms. The molecule has 1 aromatic carbocycles. The van der Waals surface area contributed by atoms with Crippen molar-refractivity contribution < 1.29 is 19.1 Å². The first kappa shape index (κ1) is 18.7. The van der Waals surface area contributed by atoms with Gasteiger partial charge in [0.1, 0.15) is 0 Å². The summed E-state index contributed by atoms with van der Waals surface area (Å²) in [4.78, 5) is 23.2. The van der Waals surface area contributed by atoms with Crippen LogP contribution in [0.1, 0.15) is 49.0 Å². The molecule has 0 aliphatic rings. The first-order valence-corrected chi connectivity index (χ1v) is 7.78. The Bertz CT molecular complexity index is 582. The fourth-order valence-corrected chi connectivity index (χ4v) is 2.11. The number of carbonyl (C=O) groups excluding carboxylic acids is 2. The number of esters is 2. The molecule has 0 radical (unpaired) electrons. The lowest BCUT2D eigenvalue weighted by Gasteiger charge is -2.11. The summed E-state index contributed by atoms with van der Waals surface area (Å²) in [7, 11) is 1.35. The molecule has 0 saturated carbocycles. The molecular weight excluding hydrogens is 292 g/mol. The SMILES string of the molecule is C=C(/C(=C/C(=O)OCC)CCCC)c1ccc(C(=O)OC)cc1. The Labute approximate surface area is 137 Å². The maximum Gasteiger partial charge on any atom is 0.337 e. The van der Waals surface area contributed by atoms with E-state index in [1.54, 1.807) is 31.2 Å². The number of benzene rings is 1. The van der Waals surface area contributed by atoms with E-state index in [-0.39, 0.29) is 11.9 Å². The molecule has 0 atom stereocenters. The molecule has 1 rings (SSSR count). The van der Waals surface area contributed by atoms with Crippen LogP contribution in [-0.2, 0) is 14.3 Å². The van der Waals surface area contributed by atoms with Crippen molar-refractivity contribution in [2.45, 2.75) is 33.1 Å². The van der Waals surface area contributed by atoms with Gasteiger partial charge in [-0.2, -0.15) is 0 Å². The summed E-state index contributed by atoms with van der Waals surface area (Å²) in [5.74, 6) is -0.735. The molecule has 124 valence electrons. The summed E-state index contributed by atoms with van der Waals surface area (Å²) in [6.07, 6.45) is 4.25. The predicted octanol–water partition coefficient (Wildman–Crippen LogP) is 4.17. The Morgan fingerprint density at radius 1 is 1.13 bits per heavy atom. The Morgan fingerprint density at radius 2 is 1.74 bits per heavy atom. The lowest BCUT2D eigenvalue weighted by molar-refractivity contribution is -0.137. The van der Waals surface area contributed by atoms with Gasteiger partial charge in [-0.15, -0.1) is 0 Å². The second-order valence-corrected chi connectivity index (χ2v) is 5.07. The number of rotatable bonds is 8. The van der Waals surface area contributed by atoms with E-state index in [0.717, 1.165) is 36.0 Å². The van der Waals surface area contributed by atoms with E-state index in [4.69, 9.17) is 4.74 Å². The van der Waals surface area contributed by atoms with E-state index in [9.17, 15) is 9.59 Å². The molecule has 0 aliphatic heterocycles. The highest BCUT2D eigenvalue weighted by atomic mass is 16.5. The lowest BCUT2D eigenvalue weighted by Crippen LogP contribution is -2.03. The zero-order valence-electron chi connectivity index (χ0n) is 14.1. The van der Waals surface area contributed by atoms with Crippen molar-refractivity contribution in [3.05, 3.63) is 53.6 Å². The van der Waals surface area contributed by atoms with Gasteiger partial charge in [0.2, 0.25) is 0 Å². The number of unbranched alkanes of at least 4 members (excludes halogenated alkanes) is 1. The summed E-state index contributed by atoms with van der Waals surface area (Å²) in [6, 6.07) is 6.99. The molecule has 0 fully saturated rings. The number of ether oxygens (including phenoxy) is 2. The number of hydrogen-bond donors (Lipinski definition) is 0. The molecule has 0 saturated heterocycles. The maximum atomic E-state index is 11.7. The summed E-state index contributed by atoms with van der Waals surface area (Å²) in [5, 5.41) is 0. The van der Waals surface area contributed by atoms with Gasteiger partial charge in [0.25, 0.3) is 0 Å². The van der Waals surface area contributed by atoms with Crippen LogP contribution in [0.5, 0.6) is 0 Å². The van der Waals surface area contributed by atoms with E-state index in [2.05, 4.69) is 18.2 Å². The van der Waals surface area contributed by atoms with Crippen LogP contribution in [-0.4, -0.2) is 25.7 Å². The van der Waals surface area contributed by atoms with E-state index in [1.165, 1.54) is 13.2 Å². The van der Waals surface area contributed by atoms with Crippen LogP contribution in [0.4, 0.5) is 0 Å². The molecule has 0 bridgehead atoms. The average Bonchev–Trinajstić information content (AvgIpc) is 2.57. The van der Waals surface area contributed by atoms with Crippen LogP contribution < -0.4 is 0 Å². The lowest BCUT2D eigenvalue weighted by atomic mass is 9.94. The van der Waals surface area contributed by atoms with Gasteiger partial charge in [-0.05, 0) is 48.6 Å². The minimum atomic E-state index is -0.379. The van der Waals surface area contributed by atoms with Gasteiger partial charge < -0.3 is 9.47 Å². The third kappa shape index (κ3) is 5.74. The Morgan fingerprint density at radius 3 is 2.26 bits per heavy atom. The highest BCUT2D eigenvalue weighted by molar-refractivity contribution is 5.92. The van der Waals surface area contributed by atoms with Crippen LogP contribution in [0.3, 0.4) is 0 Å². The molecule has 0 amide bonds. The van der Waals surface area contributed by atoms with Crippen LogP contribution in [0.25, 0.3) is 5.57 Å². The summed E-state index contributed by atoms with van der Waals surface area (Å²) in [6.45, 7) is 8.31. The quantitative estimate of drug-likeness (QED) is 0.410. The zero-order chi connectivity index (χ0) is 17.2. The molecule has 0 unspecified atom stereocenters. The summed E-state index contributed by atoms with van der Waals surface area (Å²) >= 11 is 0. The second-order valence-electron chi connectivity index (χ2n) is 5.07. The maximum absolute atomic E-state index is 11.7. The Hall–Kier alpha value is -2.36. The van der Waals surface area contributed by atoms with E-state index in [0.29, 0.717) is 12.2 Å². The number of hydrogen-bond acceptors (Lipinski definition) is 4. The van der Waals surface area contributed by atoms with Gasteiger partial charge in [-0.3, -0.25) is 0 Å². The van der Waals surface area contributed by atoms with E-state index >= 15 is 0 Å². The fourth-order valence-electron chi connectivity index (χ4n) is 2.11. The number of carbonyl (C=O) groups is 2. The molecule has 0 N–H and O–H groups in total. The first-order chi connectivity index (χ1) is 11.0. The predicted molar refractivity (Wildman–Crippen MR) is 91.1 cm³/mol. The van der Waals surface area contributed by atoms with Crippen molar-refractivity contribution >= 4 is 17.5 Å². The largest absolute Gasteiger partial charge is 0.465 e. The topological polar surface area (TPSA) is 52.6 Å². The van der Waals surface area contributed by atoms with Crippen LogP contribution in [0.15, 0.2) is 42.5 Å². The number of allylic oxidation sites excluding steroid dienone is 2. The van der Waals surface area contributed by atoms with Crippen LogP contribution in [0.2, 0.25) is 0 Å². The monoisotopic (exact) mass is 316 g/mol. The Balaban J connectivity index is 2.99. The van der Waals surface area contributed by atoms with Crippen molar-refractivity contribution in [2.24, 2.45) is 0 Å². The van der Waals surface area contributed by atoms with Gasteiger partial charge >= 0.3 is 11.9 Å². The van der Waals surface area contributed by atoms with E-state index < -0.39 is 0 Å². The summed E-state index contributed by atoms with van der Waals surface area (Å²) < 4.78 is 9.67. The third-order valence-corrected chi connectivity index (χ3v) is 3.42. The normalized spacial score (nSPS) is 11.0. The minimum absolute atomic E-state index is 0.344. The van der Waals surface area contributed by atoms with Crippen molar-refractivity contribution in [3.8, 4) is 0 Å². The third-order valence-electron chi connectivity index (χ3n) is 3.42. The first-order valence-electron chi connectivity index (χ1n) is 7.78. The van der Waals surface area contributed by atoms with Gasteiger partial charge in [-0.25, -0.2) is 9.59 Å². The molecule has 4 heteroatoms. The van der Waals surface area contributed by atoms with Gasteiger partial charge in [-0.1, -0.05) is 32.1 Å². The van der Waals surface area contributed by atoms with Gasteiger partial charge in [0.05, 0.1) is 19.3 Å². The molecule has 0 spiro atoms. The smallest absolute Gasteiger partial charge is 0.337 e. The highest BCUT2D eigenvalue weighted by Crippen LogP contribution is 2.26. The van der Waals surface area contributed by atoms with E-state index in [1.807, 2.05) is 0 Å². The fraction of sp³-hybridized carbons (Fsp3) is 0.368. The van der Waals surface area contributed by atoms with Gasteiger partial charge in [0.15, 0.2) is 0 Å². The van der Waals surface area contributed by atoms with Crippen molar-refractivity contribution in [1.29, 1.82) is 0 Å². The zero-order valence-corrected chi connectivity index (χ0v) is 14.1. The van der Waals surface area contributed by atoms with Crippen LogP contribution in [0, 0.1) is 0 Å². The number of methoxy groups -OCH3 is 1. The molecule has 0 aromatic heterocycles. The molecule has 4 nitrogen and oxygen atoms in total. The molecular formula is C19H24O4. The Kier molecular flexibility index (Phi) is 7.81. The van der Waals surface area contributed by atoms with Crippen molar-refractivity contribution in [2.75, 3.05) is 13.7 Å². The van der Waals surface area contributed by atoms with Crippen LogP contribution >= 0.6 is 0 Å². The standard InChI is InChI=1S/C19H24O4/c1-5-7-8-17(13-18(20)23-6-2)14(3)15-9-11-16(12-10-15)19(21)22-4/h9-13H,3,5-8H2,1-2,4H3/b17-13+. The summed E-state index contributed by atoms with van der Waals surface area (Å²) in [5.41, 5.74) is 2.97. The highest BCUT2D eigenvalue weighted by Gasteiger charge is 2.10. The average molecular weight is 316 g/mol. The molecule has 1 aromatic rings. The molecule has 0 aliphatic carbocycles. The van der Waals surface area contributed by atoms with Crippen molar-refractivity contribution in [1.82, 2.24) is 0 Å². The molecule has 0 heterocycles.